The first-order chi connectivity index (χ1) is 8.11. The molecular formula is C12H14F2N2O. The van der Waals surface area contributed by atoms with Crippen molar-refractivity contribution in [2.75, 3.05) is 11.9 Å². The summed E-state index contributed by atoms with van der Waals surface area (Å²) in [5.41, 5.74) is -0.163. The zero-order valence-electron chi connectivity index (χ0n) is 9.52. The standard InChI is InChI=1S/C12H14F2N2O/c1-2-15-11-9(13)5-7(6-10(11)14)12(17)16-8-3-4-8/h5-6,8,15H,2-4H2,1H3,(H,16,17). The van der Waals surface area contributed by atoms with E-state index >= 15 is 0 Å². The summed E-state index contributed by atoms with van der Waals surface area (Å²) >= 11 is 0. The van der Waals surface area contributed by atoms with Gasteiger partial charge in [0.05, 0.1) is 0 Å². The number of hydrogen-bond acceptors (Lipinski definition) is 2. The normalized spacial score (nSPS) is 14.5. The maximum Gasteiger partial charge on any atom is 0.251 e. The third kappa shape index (κ3) is 2.72. The summed E-state index contributed by atoms with van der Waals surface area (Å²) in [5.74, 6) is -1.91. The first kappa shape index (κ1) is 11.8. The van der Waals surface area contributed by atoms with E-state index in [0.717, 1.165) is 25.0 Å². The molecule has 1 fully saturated rings. The number of halogens is 2. The maximum absolute atomic E-state index is 13.5. The Balaban J connectivity index is 2.20. The maximum atomic E-state index is 13.5. The summed E-state index contributed by atoms with van der Waals surface area (Å²) in [6.45, 7) is 2.16. The lowest BCUT2D eigenvalue weighted by Crippen LogP contribution is -2.25. The zero-order chi connectivity index (χ0) is 12.4. The second-order valence-corrected chi connectivity index (χ2v) is 4.09. The molecule has 5 heteroatoms. The van der Waals surface area contributed by atoms with Crippen LogP contribution in [0.1, 0.15) is 30.1 Å². The number of benzene rings is 1. The minimum absolute atomic E-state index is 0.0218. The number of amides is 1. The fourth-order valence-electron chi connectivity index (χ4n) is 1.55. The highest BCUT2D eigenvalue weighted by molar-refractivity contribution is 5.95. The number of carbonyl (C=O) groups is 1. The Morgan fingerprint density at radius 3 is 2.41 bits per heavy atom. The molecule has 0 unspecified atom stereocenters. The van der Waals surface area contributed by atoms with Gasteiger partial charge in [0, 0.05) is 18.2 Å². The van der Waals surface area contributed by atoms with Crippen molar-refractivity contribution in [1.29, 1.82) is 0 Å². The summed E-state index contributed by atoms with van der Waals surface area (Å²) in [7, 11) is 0. The average molecular weight is 240 g/mol. The molecule has 92 valence electrons. The highest BCUT2D eigenvalue weighted by Crippen LogP contribution is 2.22. The number of hydrogen-bond donors (Lipinski definition) is 2. The van der Waals surface area contributed by atoms with Gasteiger partial charge in [0.25, 0.3) is 5.91 Å². The van der Waals surface area contributed by atoms with Crippen molar-refractivity contribution in [1.82, 2.24) is 5.32 Å². The van der Waals surface area contributed by atoms with Crippen molar-refractivity contribution in [3.8, 4) is 0 Å². The monoisotopic (exact) mass is 240 g/mol. The third-order valence-electron chi connectivity index (χ3n) is 2.57. The van der Waals surface area contributed by atoms with E-state index in [1.54, 1.807) is 6.92 Å². The highest BCUT2D eigenvalue weighted by Gasteiger charge is 2.24. The number of anilines is 1. The lowest BCUT2D eigenvalue weighted by molar-refractivity contribution is 0.0950. The Hall–Kier alpha value is -1.65. The van der Waals surface area contributed by atoms with Gasteiger partial charge in [0.15, 0.2) is 0 Å². The molecule has 1 aromatic rings. The fraction of sp³-hybridized carbons (Fsp3) is 0.417. The first-order valence-electron chi connectivity index (χ1n) is 5.65. The Morgan fingerprint density at radius 2 is 1.94 bits per heavy atom. The van der Waals surface area contributed by atoms with Crippen LogP contribution in [0, 0.1) is 11.6 Å². The van der Waals surface area contributed by atoms with Crippen LogP contribution in [-0.4, -0.2) is 18.5 Å². The van der Waals surface area contributed by atoms with E-state index in [-0.39, 0.29) is 17.3 Å². The zero-order valence-corrected chi connectivity index (χ0v) is 9.52. The van der Waals surface area contributed by atoms with Crippen LogP contribution in [0.4, 0.5) is 14.5 Å². The first-order valence-corrected chi connectivity index (χ1v) is 5.65. The second kappa shape index (κ2) is 4.69. The summed E-state index contributed by atoms with van der Waals surface area (Å²) in [4.78, 5) is 11.6. The van der Waals surface area contributed by atoms with Crippen LogP contribution in [0.2, 0.25) is 0 Å². The summed E-state index contributed by atoms with van der Waals surface area (Å²) in [5, 5.41) is 5.27. The van der Waals surface area contributed by atoms with Crippen LogP contribution in [0.25, 0.3) is 0 Å². The molecule has 0 bridgehead atoms. The van der Waals surface area contributed by atoms with Gasteiger partial charge in [0.1, 0.15) is 17.3 Å². The third-order valence-corrected chi connectivity index (χ3v) is 2.57. The molecule has 0 atom stereocenters. The average Bonchev–Trinajstić information content (AvgIpc) is 3.07. The van der Waals surface area contributed by atoms with Crippen molar-refractivity contribution in [3.05, 3.63) is 29.3 Å². The smallest absolute Gasteiger partial charge is 0.251 e. The van der Waals surface area contributed by atoms with Crippen LogP contribution in [0.15, 0.2) is 12.1 Å². The molecule has 1 aliphatic carbocycles. The van der Waals surface area contributed by atoms with Crippen LogP contribution in [0.3, 0.4) is 0 Å². The molecule has 0 aromatic heterocycles. The van der Waals surface area contributed by atoms with Gasteiger partial charge in [-0.15, -0.1) is 0 Å². The van der Waals surface area contributed by atoms with E-state index < -0.39 is 17.5 Å². The quantitative estimate of drug-likeness (QED) is 0.847. The molecule has 1 aliphatic rings. The summed E-state index contributed by atoms with van der Waals surface area (Å²) in [6.07, 6.45) is 1.87. The highest BCUT2D eigenvalue weighted by atomic mass is 19.1. The molecule has 2 rings (SSSR count). The van der Waals surface area contributed by atoms with Crippen molar-refractivity contribution in [2.45, 2.75) is 25.8 Å². The Bertz CT molecular complexity index is 421. The van der Waals surface area contributed by atoms with E-state index in [2.05, 4.69) is 10.6 Å². The van der Waals surface area contributed by atoms with E-state index in [4.69, 9.17) is 0 Å². The van der Waals surface area contributed by atoms with Crippen LogP contribution in [0.5, 0.6) is 0 Å². The van der Waals surface area contributed by atoms with Crippen molar-refractivity contribution < 1.29 is 13.6 Å². The van der Waals surface area contributed by atoms with E-state index in [1.807, 2.05) is 0 Å². The minimum Gasteiger partial charge on any atom is -0.381 e. The summed E-state index contributed by atoms with van der Waals surface area (Å²) < 4.78 is 27.1. The van der Waals surface area contributed by atoms with Gasteiger partial charge in [-0.25, -0.2) is 8.78 Å². The Morgan fingerprint density at radius 1 is 1.35 bits per heavy atom. The van der Waals surface area contributed by atoms with Gasteiger partial charge >= 0.3 is 0 Å². The van der Waals surface area contributed by atoms with Gasteiger partial charge in [-0.2, -0.15) is 0 Å². The topological polar surface area (TPSA) is 41.1 Å². The largest absolute Gasteiger partial charge is 0.381 e. The molecule has 1 saturated carbocycles. The number of rotatable bonds is 4. The van der Waals surface area contributed by atoms with Gasteiger partial charge in [-0.05, 0) is 31.9 Å². The van der Waals surface area contributed by atoms with Gasteiger partial charge < -0.3 is 10.6 Å². The molecule has 0 saturated heterocycles. The molecule has 0 heterocycles. The van der Waals surface area contributed by atoms with Crippen LogP contribution in [-0.2, 0) is 0 Å². The lowest BCUT2D eigenvalue weighted by atomic mass is 10.1. The van der Waals surface area contributed by atoms with E-state index in [0.29, 0.717) is 6.54 Å². The molecule has 0 radical (unpaired) electrons. The molecule has 0 aliphatic heterocycles. The molecule has 2 N–H and O–H groups in total. The van der Waals surface area contributed by atoms with Gasteiger partial charge in [-0.3, -0.25) is 4.79 Å². The molecular weight excluding hydrogens is 226 g/mol. The molecule has 3 nitrogen and oxygen atoms in total. The van der Waals surface area contributed by atoms with Crippen molar-refractivity contribution >= 4 is 11.6 Å². The predicted molar refractivity (Wildman–Crippen MR) is 61.0 cm³/mol. The molecule has 17 heavy (non-hydrogen) atoms. The number of nitrogens with one attached hydrogen (secondary N) is 2. The SMILES string of the molecule is CCNc1c(F)cc(C(=O)NC2CC2)cc1F. The molecule has 1 aromatic carbocycles. The van der Waals surface area contributed by atoms with Crippen LogP contribution < -0.4 is 10.6 Å². The van der Waals surface area contributed by atoms with Crippen molar-refractivity contribution in [2.24, 2.45) is 0 Å². The van der Waals surface area contributed by atoms with Crippen LogP contribution >= 0.6 is 0 Å². The molecule has 1 amide bonds. The van der Waals surface area contributed by atoms with Gasteiger partial charge in [-0.1, -0.05) is 0 Å². The Kier molecular flexibility index (Phi) is 3.26. The fourth-order valence-corrected chi connectivity index (χ4v) is 1.55. The molecule has 0 spiro atoms. The second-order valence-electron chi connectivity index (χ2n) is 4.09. The number of carbonyl (C=O) groups excluding carboxylic acids is 1. The lowest BCUT2D eigenvalue weighted by Gasteiger charge is -2.09. The predicted octanol–water partition coefficient (Wildman–Crippen LogP) is 2.29. The Labute approximate surface area is 98.2 Å². The van der Waals surface area contributed by atoms with Crippen molar-refractivity contribution in [3.63, 3.8) is 0 Å². The van der Waals surface area contributed by atoms with E-state index in [1.165, 1.54) is 0 Å². The van der Waals surface area contributed by atoms with Gasteiger partial charge in [0.2, 0.25) is 0 Å². The van der Waals surface area contributed by atoms with E-state index in [9.17, 15) is 13.6 Å². The summed E-state index contributed by atoms with van der Waals surface area (Å²) in [6, 6.07) is 2.28. The minimum atomic E-state index is -0.743.